The molecule has 0 aromatic heterocycles. The number of hydrogen-bond donors (Lipinski definition) is 1. The first kappa shape index (κ1) is 15.9. The molecule has 4 nitrogen and oxygen atoms in total. The lowest BCUT2D eigenvalue weighted by atomic mass is 10.0. The maximum Gasteiger partial charge on any atom is 0.241 e. The molecule has 1 rings (SSSR count). The average molecular weight is 283 g/mol. The molecule has 0 aliphatic carbocycles. The van der Waals surface area contributed by atoms with Gasteiger partial charge in [0.25, 0.3) is 0 Å². The Kier molecular flexibility index (Phi) is 5.26. The molecular formula is C14H21NO3S. The molecule has 1 aromatic carbocycles. The fraction of sp³-hybridized carbons (Fsp3) is 0.500. The monoisotopic (exact) mass is 283 g/mol. The number of aryl methyl sites for hydroxylation is 1. The van der Waals surface area contributed by atoms with Gasteiger partial charge >= 0.3 is 0 Å². The minimum Gasteiger partial charge on any atom is -0.298 e. The van der Waals surface area contributed by atoms with Crippen LogP contribution >= 0.6 is 0 Å². The molecular weight excluding hydrogens is 262 g/mol. The summed E-state index contributed by atoms with van der Waals surface area (Å²) in [4.78, 5) is 11.8. The molecule has 19 heavy (non-hydrogen) atoms. The highest BCUT2D eigenvalue weighted by Crippen LogP contribution is 2.16. The van der Waals surface area contributed by atoms with Crippen LogP contribution in [0.3, 0.4) is 0 Å². The van der Waals surface area contributed by atoms with E-state index in [2.05, 4.69) is 4.72 Å². The topological polar surface area (TPSA) is 63.2 Å². The Bertz CT molecular complexity index is 550. The lowest BCUT2D eigenvalue weighted by Gasteiger charge is -2.18. The zero-order chi connectivity index (χ0) is 14.6. The van der Waals surface area contributed by atoms with Gasteiger partial charge in [0.05, 0.1) is 10.9 Å². The Morgan fingerprint density at radius 1 is 1.26 bits per heavy atom. The van der Waals surface area contributed by atoms with Crippen LogP contribution in [0, 0.1) is 12.8 Å². The predicted molar refractivity (Wildman–Crippen MR) is 75.4 cm³/mol. The maximum absolute atomic E-state index is 12.3. The summed E-state index contributed by atoms with van der Waals surface area (Å²) in [5, 5.41) is 0. The number of ketones is 1. The van der Waals surface area contributed by atoms with Crippen molar-refractivity contribution in [3.8, 4) is 0 Å². The number of hydrogen-bond acceptors (Lipinski definition) is 3. The second-order valence-electron chi connectivity index (χ2n) is 5.18. The molecule has 0 radical (unpaired) electrons. The van der Waals surface area contributed by atoms with Crippen molar-refractivity contribution in [3.05, 3.63) is 29.8 Å². The first-order valence-electron chi connectivity index (χ1n) is 6.32. The van der Waals surface area contributed by atoms with Crippen molar-refractivity contribution < 1.29 is 13.2 Å². The van der Waals surface area contributed by atoms with Crippen molar-refractivity contribution in [2.24, 2.45) is 5.92 Å². The van der Waals surface area contributed by atoms with E-state index in [1.807, 2.05) is 13.8 Å². The van der Waals surface area contributed by atoms with E-state index in [1.54, 1.807) is 31.2 Å². The van der Waals surface area contributed by atoms with Crippen LogP contribution < -0.4 is 4.72 Å². The molecule has 0 unspecified atom stereocenters. The third kappa shape index (κ3) is 4.44. The average Bonchev–Trinajstić information content (AvgIpc) is 2.27. The third-order valence-corrected chi connectivity index (χ3v) is 4.51. The van der Waals surface area contributed by atoms with Gasteiger partial charge in [0.15, 0.2) is 0 Å². The van der Waals surface area contributed by atoms with Crippen LogP contribution in [0.5, 0.6) is 0 Å². The lowest BCUT2D eigenvalue weighted by Crippen LogP contribution is -2.40. The van der Waals surface area contributed by atoms with E-state index in [-0.39, 0.29) is 16.6 Å². The number of nitrogens with one attached hydrogen (secondary N) is 1. The molecule has 0 spiro atoms. The number of sulfonamides is 1. The van der Waals surface area contributed by atoms with E-state index in [0.29, 0.717) is 12.0 Å². The predicted octanol–water partition coefficient (Wildman–Crippen LogP) is 2.28. The van der Waals surface area contributed by atoms with Gasteiger partial charge in [-0.2, -0.15) is 0 Å². The van der Waals surface area contributed by atoms with Gasteiger partial charge in [-0.05, 0) is 37.8 Å². The molecule has 5 heteroatoms. The maximum atomic E-state index is 12.3. The van der Waals surface area contributed by atoms with Crippen LogP contribution in [0.1, 0.15) is 32.8 Å². The number of benzene rings is 1. The second-order valence-corrected chi connectivity index (χ2v) is 6.86. The summed E-state index contributed by atoms with van der Waals surface area (Å²) in [6, 6.07) is 6.08. The summed E-state index contributed by atoms with van der Waals surface area (Å²) < 4.78 is 27.1. The van der Waals surface area contributed by atoms with Gasteiger partial charge in [-0.15, -0.1) is 0 Å². The Morgan fingerprint density at radius 3 is 2.32 bits per heavy atom. The number of carbonyl (C=O) groups excluding carboxylic acids is 1. The van der Waals surface area contributed by atoms with Crippen molar-refractivity contribution in [2.75, 3.05) is 0 Å². The van der Waals surface area contributed by atoms with E-state index in [0.717, 1.165) is 0 Å². The van der Waals surface area contributed by atoms with Gasteiger partial charge < -0.3 is 0 Å². The number of rotatable bonds is 6. The molecule has 0 saturated carbocycles. The van der Waals surface area contributed by atoms with Crippen molar-refractivity contribution in [1.82, 2.24) is 4.72 Å². The van der Waals surface area contributed by atoms with Crippen LogP contribution in [-0.2, 0) is 14.8 Å². The standard InChI is InChI=1S/C14H21NO3S/c1-10(2)9-13(12(4)16)15-19(17,18)14-8-6-5-7-11(14)3/h5-8,10,13,15H,9H2,1-4H3/t13-/m0/s1. The molecule has 0 amide bonds. The van der Waals surface area contributed by atoms with Gasteiger partial charge in [0, 0.05) is 0 Å². The van der Waals surface area contributed by atoms with Gasteiger partial charge in [0.2, 0.25) is 10.0 Å². The van der Waals surface area contributed by atoms with Gasteiger partial charge in [-0.25, -0.2) is 13.1 Å². The Morgan fingerprint density at radius 2 is 1.84 bits per heavy atom. The van der Waals surface area contributed by atoms with E-state index in [1.165, 1.54) is 6.92 Å². The second kappa shape index (κ2) is 6.30. The minimum absolute atomic E-state index is 0.161. The van der Waals surface area contributed by atoms with Crippen LogP contribution in [0.15, 0.2) is 29.2 Å². The first-order chi connectivity index (χ1) is 8.74. The highest BCUT2D eigenvalue weighted by molar-refractivity contribution is 7.89. The van der Waals surface area contributed by atoms with E-state index in [4.69, 9.17) is 0 Å². The van der Waals surface area contributed by atoms with Crippen LogP contribution in [0.25, 0.3) is 0 Å². The summed E-state index contributed by atoms with van der Waals surface area (Å²) in [5.41, 5.74) is 0.668. The smallest absolute Gasteiger partial charge is 0.241 e. The van der Waals surface area contributed by atoms with Gasteiger partial charge in [0.1, 0.15) is 5.78 Å². The SMILES string of the molecule is CC(=O)[C@H](CC(C)C)NS(=O)(=O)c1ccccc1C. The Balaban J connectivity index is 3.01. The van der Waals surface area contributed by atoms with Crippen molar-refractivity contribution in [3.63, 3.8) is 0 Å². The van der Waals surface area contributed by atoms with Crippen LogP contribution in [0.4, 0.5) is 0 Å². The fourth-order valence-corrected chi connectivity index (χ4v) is 3.39. The molecule has 0 bridgehead atoms. The molecule has 1 N–H and O–H groups in total. The molecule has 0 heterocycles. The highest BCUT2D eigenvalue weighted by Gasteiger charge is 2.24. The van der Waals surface area contributed by atoms with Crippen molar-refractivity contribution in [1.29, 1.82) is 0 Å². The summed E-state index contributed by atoms with van der Waals surface area (Å²) in [7, 11) is -3.65. The molecule has 0 fully saturated rings. The Labute approximate surface area is 115 Å². The van der Waals surface area contributed by atoms with E-state index in [9.17, 15) is 13.2 Å². The minimum atomic E-state index is -3.65. The quantitative estimate of drug-likeness (QED) is 0.871. The van der Waals surface area contributed by atoms with Gasteiger partial charge in [-0.3, -0.25) is 4.79 Å². The zero-order valence-corrected chi connectivity index (χ0v) is 12.6. The van der Waals surface area contributed by atoms with E-state index >= 15 is 0 Å². The fourth-order valence-electron chi connectivity index (χ4n) is 1.88. The Hall–Kier alpha value is -1.20. The highest BCUT2D eigenvalue weighted by atomic mass is 32.2. The summed E-state index contributed by atoms with van der Waals surface area (Å²) >= 11 is 0. The van der Waals surface area contributed by atoms with Crippen LogP contribution in [-0.4, -0.2) is 20.2 Å². The molecule has 106 valence electrons. The molecule has 1 atom stereocenters. The van der Waals surface area contributed by atoms with Crippen LogP contribution in [0.2, 0.25) is 0 Å². The number of Topliss-reactive ketones (excluding diaryl/α,β-unsaturated/α-hetero) is 1. The summed E-state index contributed by atoms with van der Waals surface area (Å²) in [5.74, 6) is 0.0827. The molecule has 1 aromatic rings. The summed E-state index contributed by atoms with van der Waals surface area (Å²) in [6.07, 6.45) is 0.500. The molecule has 0 aliphatic rings. The molecule has 0 saturated heterocycles. The van der Waals surface area contributed by atoms with E-state index < -0.39 is 16.1 Å². The molecule has 0 aliphatic heterocycles. The number of carbonyl (C=O) groups is 1. The first-order valence-corrected chi connectivity index (χ1v) is 7.80. The van der Waals surface area contributed by atoms with Crippen molar-refractivity contribution in [2.45, 2.75) is 45.1 Å². The lowest BCUT2D eigenvalue weighted by molar-refractivity contribution is -0.118. The van der Waals surface area contributed by atoms with Crippen molar-refractivity contribution >= 4 is 15.8 Å². The van der Waals surface area contributed by atoms with Gasteiger partial charge in [-0.1, -0.05) is 32.0 Å². The largest absolute Gasteiger partial charge is 0.298 e. The zero-order valence-electron chi connectivity index (χ0n) is 11.8. The summed E-state index contributed by atoms with van der Waals surface area (Å²) in [6.45, 7) is 7.06. The normalized spacial score (nSPS) is 13.5. The third-order valence-electron chi connectivity index (χ3n) is 2.88.